The van der Waals surface area contributed by atoms with Crippen molar-refractivity contribution in [3.05, 3.63) is 95.5 Å². The van der Waals surface area contributed by atoms with E-state index < -0.39 is 11.9 Å². The van der Waals surface area contributed by atoms with E-state index in [-0.39, 0.29) is 5.56 Å². The Balaban J connectivity index is 1.56. The minimum absolute atomic E-state index is 0.387. The van der Waals surface area contributed by atoms with Crippen LogP contribution in [0.4, 0.5) is 5.69 Å². The maximum absolute atomic E-state index is 12.9. The number of carbonyl (C=O) groups excluding carboxylic acids is 1. The molecule has 0 saturated carbocycles. The van der Waals surface area contributed by atoms with E-state index >= 15 is 0 Å². The molecule has 8 heteroatoms. The number of hydrogen-bond donors (Lipinski definition) is 1. The highest BCUT2D eigenvalue weighted by molar-refractivity contribution is 5.94. The number of nitrogens with one attached hydrogen (secondary N) is 1. The molecule has 0 saturated heterocycles. The van der Waals surface area contributed by atoms with Gasteiger partial charge in [-0.05, 0) is 43.3 Å². The molecule has 8 nitrogen and oxygen atoms in total. The van der Waals surface area contributed by atoms with Gasteiger partial charge in [-0.1, -0.05) is 30.3 Å². The van der Waals surface area contributed by atoms with Crippen LogP contribution in [-0.4, -0.2) is 25.5 Å². The fourth-order valence-corrected chi connectivity index (χ4v) is 2.84. The van der Waals surface area contributed by atoms with Gasteiger partial charge in [0.15, 0.2) is 11.6 Å². The predicted octanol–water partition coefficient (Wildman–Crippen LogP) is 3.42. The van der Waals surface area contributed by atoms with Crippen molar-refractivity contribution in [2.24, 2.45) is 0 Å². The number of ether oxygens (including phenoxy) is 1. The summed E-state index contributed by atoms with van der Waals surface area (Å²) in [5, 5.41) is 11.2. The van der Waals surface area contributed by atoms with E-state index in [0.717, 1.165) is 4.68 Å². The number of anilines is 1. The topological polar surface area (TPSA) is 91.0 Å². The van der Waals surface area contributed by atoms with E-state index in [1.807, 2.05) is 36.4 Å². The van der Waals surface area contributed by atoms with Crippen molar-refractivity contribution >= 4 is 11.6 Å². The van der Waals surface area contributed by atoms with Gasteiger partial charge in [0.2, 0.25) is 5.91 Å². The molecule has 0 aliphatic carbocycles. The molecule has 4 aromatic rings. The van der Waals surface area contributed by atoms with Crippen molar-refractivity contribution in [3.8, 4) is 17.3 Å². The van der Waals surface area contributed by atoms with Crippen molar-refractivity contribution in [1.29, 1.82) is 0 Å². The Labute approximate surface area is 172 Å². The molecule has 4 rings (SSSR count). The third-order valence-corrected chi connectivity index (χ3v) is 4.41. The van der Waals surface area contributed by atoms with E-state index in [1.165, 1.54) is 10.7 Å². The first-order chi connectivity index (χ1) is 14.6. The molecule has 150 valence electrons. The molecule has 1 unspecified atom stereocenters. The Morgan fingerprint density at radius 3 is 2.53 bits per heavy atom. The van der Waals surface area contributed by atoms with Gasteiger partial charge in [0.1, 0.15) is 11.8 Å². The molecule has 0 aliphatic heterocycles. The summed E-state index contributed by atoms with van der Waals surface area (Å²) in [6.07, 6.45) is 3.32. The monoisotopic (exact) mass is 401 g/mol. The zero-order chi connectivity index (χ0) is 20.9. The molecule has 2 aromatic heterocycles. The Hall–Kier alpha value is -4.20. The van der Waals surface area contributed by atoms with Gasteiger partial charge in [-0.2, -0.15) is 5.10 Å². The van der Waals surface area contributed by atoms with Gasteiger partial charge in [0.05, 0.1) is 5.69 Å². The van der Waals surface area contributed by atoms with Gasteiger partial charge >= 0.3 is 0 Å². The van der Waals surface area contributed by atoms with Crippen LogP contribution in [0.3, 0.4) is 0 Å². The number of rotatable bonds is 6. The summed E-state index contributed by atoms with van der Waals surface area (Å²) in [6.45, 7) is 1.61. The zero-order valence-corrected chi connectivity index (χ0v) is 16.2. The van der Waals surface area contributed by atoms with Gasteiger partial charge in [0.25, 0.3) is 5.56 Å². The Kier molecular flexibility index (Phi) is 5.38. The summed E-state index contributed by atoms with van der Waals surface area (Å²) < 4.78 is 8.53. The van der Waals surface area contributed by atoms with Crippen molar-refractivity contribution in [2.45, 2.75) is 13.0 Å². The smallest absolute Gasteiger partial charge is 0.267 e. The van der Waals surface area contributed by atoms with Crippen LogP contribution in [0.1, 0.15) is 13.0 Å². The summed E-state index contributed by atoms with van der Waals surface area (Å²) in [6, 6.07) is 20.2. The second kappa shape index (κ2) is 8.44. The summed E-state index contributed by atoms with van der Waals surface area (Å²) in [5.74, 6) is 1.19. The SMILES string of the molecule is CC(C(=O)Nc1ccccc1Oc1ccccc1)n1nc(-n2cccn2)ccc1=O. The van der Waals surface area contributed by atoms with Crippen LogP contribution in [0.5, 0.6) is 11.5 Å². The van der Waals surface area contributed by atoms with E-state index in [2.05, 4.69) is 15.5 Å². The maximum Gasteiger partial charge on any atom is 0.267 e. The molecule has 0 fully saturated rings. The van der Waals surface area contributed by atoms with Crippen LogP contribution < -0.4 is 15.6 Å². The number of para-hydroxylation sites is 3. The summed E-state index contributed by atoms with van der Waals surface area (Å²) in [5.41, 5.74) is 0.108. The van der Waals surface area contributed by atoms with E-state index in [9.17, 15) is 9.59 Å². The van der Waals surface area contributed by atoms with Crippen LogP contribution in [0.25, 0.3) is 5.82 Å². The largest absolute Gasteiger partial charge is 0.455 e. The van der Waals surface area contributed by atoms with Crippen molar-refractivity contribution < 1.29 is 9.53 Å². The Morgan fingerprint density at radius 1 is 1.00 bits per heavy atom. The van der Waals surface area contributed by atoms with Gasteiger partial charge < -0.3 is 10.1 Å². The number of nitrogens with zero attached hydrogens (tertiary/aromatic N) is 4. The average molecular weight is 401 g/mol. The summed E-state index contributed by atoms with van der Waals surface area (Å²) in [7, 11) is 0. The molecule has 1 amide bonds. The van der Waals surface area contributed by atoms with Crippen LogP contribution in [0.15, 0.2) is 90.0 Å². The normalized spacial score (nSPS) is 11.6. The van der Waals surface area contributed by atoms with Crippen LogP contribution in [0.2, 0.25) is 0 Å². The molecule has 0 radical (unpaired) electrons. The lowest BCUT2D eigenvalue weighted by Crippen LogP contribution is -2.33. The van der Waals surface area contributed by atoms with Crippen molar-refractivity contribution in [1.82, 2.24) is 19.6 Å². The van der Waals surface area contributed by atoms with E-state index in [1.54, 1.807) is 49.6 Å². The number of aromatic nitrogens is 4. The van der Waals surface area contributed by atoms with Crippen LogP contribution in [0, 0.1) is 0 Å². The number of carbonyl (C=O) groups is 1. The molecule has 2 heterocycles. The number of amides is 1. The molecule has 2 aromatic carbocycles. The molecule has 0 bridgehead atoms. The number of benzene rings is 2. The van der Waals surface area contributed by atoms with E-state index in [4.69, 9.17) is 4.74 Å². The third-order valence-electron chi connectivity index (χ3n) is 4.41. The second-order valence-corrected chi connectivity index (χ2v) is 6.50. The summed E-state index contributed by atoms with van der Waals surface area (Å²) >= 11 is 0. The van der Waals surface area contributed by atoms with Gasteiger partial charge in [-0.25, -0.2) is 9.36 Å². The molecule has 1 atom stereocenters. The van der Waals surface area contributed by atoms with Crippen LogP contribution >= 0.6 is 0 Å². The second-order valence-electron chi connectivity index (χ2n) is 6.50. The molecule has 1 N–H and O–H groups in total. The minimum Gasteiger partial charge on any atom is -0.455 e. The lowest BCUT2D eigenvalue weighted by molar-refractivity contribution is -0.119. The van der Waals surface area contributed by atoms with Gasteiger partial charge in [0, 0.05) is 18.5 Å². The molecular formula is C22H19N5O3. The van der Waals surface area contributed by atoms with Gasteiger partial charge in [-0.15, -0.1) is 5.10 Å². The number of hydrogen-bond acceptors (Lipinski definition) is 5. The van der Waals surface area contributed by atoms with Crippen LogP contribution in [-0.2, 0) is 4.79 Å². The Bertz CT molecular complexity index is 1200. The van der Waals surface area contributed by atoms with Crippen molar-refractivity contribution in [2.75, 3.05) is 5.32 Å². The molecule has 0 spiro atoms. The quantitative estimate of drug-likeness (QED) is 0.535. The highest BCUT2D eigenvalue weighted by Crippen LogP contribution is 2.29. The fraction of sp³-hybridized carbons (Fsp3) is 0.0909. The first-order valence-electron chi connectivity index (χ1n) is 9.34. The van der Waals surface area contributed by atoms with Crippen molar-refractivity contribution in [3.63, 3.8) is 0 Å². The Morgan fingerprint density at radius 2 is 1.77 bits per heavy atom. The molecular weight excluding hydrogens is 382 g/mol. The maximum atomic E-state index is 12.9. The highest BCUT2D eigenvalue weighted by Gasteiger charge is 2.20. The molecule has 30 heavy (non-hydrogen) atoms. The highest BCUT2D eigenvalue weighted by atomic mass is 16.5. The average Bonchev–Trinajstić information content (AvgIpc) is 3.31. The third kappa shape index (κ3) is 4.12. The standard InChI is InChI=1S/C22H19N5O3/c1-16(27-21(28)13-12-20(25-27)26-15-7-14-23-26)22(29)24-18-10-5-6-11-19(18)30-17-8-3-2-4-9-17/h2-16H,1H3,(H,24,29). The lowest BCUT2D eigenvalue weighted by atomic mass is 10.2. The molecule has 0 aliphatic rings. The predicted molar refractivity (Wildman–Crippen MR) is 112 cm³/mol. The first-order valence-corrected chi connectivity index (χ1v) is 9.34. The minimum atomic E-state index is -0.849. The summed E-state index contributed by atoms with van der Waals surface area (Å²) in [4.78, 5) is 25.2. The zero-order valence-electron chi connectivity index (χ0n) is 16.2. The van der Waals surface area contributed by atoms with Gasteiger partial charge in [-0.3, -0.25) is 9.59 Å². The van der Waals surface area contributed by atoms with E-state index in [0.29, 0.717) is 23.0 Å². The lowest BCUT2D eigenvalue weighted by Gasteiger charge is -2.17. The first kappa shape index (κ1) is 19.1. The fourth-order valence-electron chi connectivity index (χ4n) is 2.84.